The molecule has 0 aromatic heterocycles. The van der Waals surface area contributed by atoms with E-state index < -0.39 is 6.61 Å². The third-order valence-electron chi connectivity index (χ3n) is 4.24. The van der Waals surface area contributed by atoms with Crippen molar-refractivity contribution >= 4 is 5.91 Å². The second kappa shape index (κ2) is 9.29. The van der Waals surface area contributed by atoms with Crippen LogP contribution in [0.4, 0.5) is 8.78 Å². The SMILES string of the molecule is CC(C(=O)N(C)Cc1ccccc1)N(C)Cc1ccc(OC(F)F)cc1. The molecule has 0 bridgehead atoms. The summed E-state index contributed by atoms with van der Waals surface area (Å²) in [6.07, 6.45) is 0. The Balaban J connectivity index is 1.91. The number of hydrogen-bond acceptors (Lipinski definition) is 3. The molecule has 26 heavy (non-hydrogen) atoms. The first-order chi connectivity index (χ1) is 12.4. The quantitative estimate of drug-likeness (QED) is 0.717. The molecule has 0 aliphatic rings. The third-order valence-corrected chi connectivity index (χ3v) is 4.24. The highest BCUT2D eigenvalue weighted by atomic mass is 19.3. The number of carbonyl (C=O) groups excluding carboxylic acids is 1. The van der Waals surface area contributed by atoms with Crippen molar-refractivity contribution < 1.29 is 18.3 Å². The van der Waals surface area contributed by atoms with Crippen LogP contribution in [-0.4, -0.2) is 42.5 Å². The molecule has 0 radical (unpaired) electrons. The molecular weight excluding hydrogens is 338 g/mol. The molecule has 4 nitrogen and oxygen atoms in total. The van der Waals surface area contributed by atoms with Crippen molar-refractivity contribution in [1.29, 1.82) is 0 Å². The van der Waals surface area contributed by atoms with Crippen LogP contribution in [0.25, 0.3) is 0 Å². The van der Waals surface area contributed by atoms with Gasteiger partial charge < -0.3 is 9.64 Å². The molecule has 6 heteroatoms. The fourth-order valence-corrected chi connectivity index (χ4v) is 2.64. The Morgan fingerprint density at radius 3 is 2.12 bits per heavy atom. The Labute approximate surface area is 153 Å². The summed E-state index contributed by atoms with van der Waals surface area (Å²) in [4.78, 5) is 16.3. The average Bonchev–Trinajstić information content (AvgIpc) is 2.62. The summed E-state index contributed by atoms with van der Waals surface area (Å²) in [6.45, 7) is 0.109. The van der Waals surface area contributed by atoms with Crippen molar-refractivity contribution in [3.63, 3.8) is 0 Å². The molecule has 0 saturated carbocycles. The van der Waals surface area contributed by atoms with Crippen molar-refractivity contribution in [3.8, 4) is 5.75 Å². The second-order valence-corrected chi connectivity index (χ2v) is 6.29. The molecule has 0 N–H and O–H groups in total. The topological polar surface area (TPSA) is 32.8 Å². The first kappa shape index (κ1) is 19.8. The van der Waals surface area contributed by atoms with Crippen LogP contribution in [0, 0.1) is 0 Å². The summed E-state index contributed by atoms with van der Waals surface area (Å²) in [5, 5.41) is 0. The Morgan fingerprint density at radius 1 is 0.962 bits per heavy atom. The summed E-state index contributed by atoms with van der Waals surface area (Å²) in [5.74, 6) is 0.145. The lowest BCUT2D eigenvalue weighted by molar-refractivity contribution is -0.135. The van der Waals surface area contributed by atoms with Crippen LogP contribution >= 0.6 is 0 Å². The maximum Gasteiger partial charge on any atom is 0.387 e. The first-order valence-electron chi connectivity index (χ1n) is 8.39. The highest BCUT2D eigenvalue weighted by Gasteiger charge is 2.21. The minimum absolute atomic E-state index is 0.0222. The molecule has 2 aromatic carbocycles. The monoisotopic (exact) mass is 362 g/mol. The maximum absolute atomic E-state index is 12.6. The van der Waals surface area contributed by atoms with Crippen molar-refractivity contribution in [2.75, 3.05) is 14.1 Å². The van der Waals surface area contributed by atoms with Gasteiger partial charge in [-0.3, -0.25) is 9.69 Å². The van der Waals surface area contributed by atoms with Crippen LogP contribution < -0.4 is 4.74 Å². The predicted molar refractivity (Wildman–Crippen MR) is 96.9 cm³/mol. The molecule has 1 unspecified atom stereocenters. The molecular formula is C20H24F2N2O2. The van der Waals surface area contributed by atoms with Gasteiger partial charge in [0.2, 0.25) is 5.91 Å². The van der Waals surface area contributed by atoms with Crippen LogP contribution in [-0.2, 0) is 17.9 Å². The van der Waals surface area contributed by atoms with Gasteiger partial charge in [-0.2, -0.15) is 8.78 Å². The molecule has 0 saturated heterocycles. The van der Waals surface area contributed by atoms with E-state index in [-0.39, 0.29) is 17.7 Å². The van der Waals surface area contributed by atoms with Gasteiger partial charge in [-0.15, -0.1) is 0 Å². The molecule has 0 aliphatic carbocycles. The van der Waals surface area contributed by atoms with Crippen molar-refractivity contribution in [2.24, 2.45) is 0 Å². The van der Waals surface area contributed by atoms with Crippen molar-refractivity contribution in [3.05, 3.63) is 65.7 Å². The van der Waals surface area contributed by atoms with Gasteiger partial charge in [0.05, 0.1) is 6.04 Å². The summed E-state index contributed by atoms with van der Waals surface area (Å²) in [5.41, 5.74) is 1.99. The lowest BCUT2D eigenvalue weighted by Crippen LogP contribution is -2.43. The fourth-order valence-electron chi connectivity index (χ4n) is 2.64. The molecule has 0 heterocycles. The number of ether oxygens (including phenoxy) is 1. The number of likely N-dealkylation sites (N-methyl/N-ethyl adjacent to an activating group) is 2. The molecule has 2 aromatic rings. The highest BCUT2D eigenvalue weighted by molar-refractivity contribution is 5.81. The second-order valence-electron chi connectivity index (χ2n) is 6.29. The molecule has 140 valence electrons. The molecule has 0 spiro atoms. The summed E-state index contributed by atoms with van der Waals surface area (Å²) < 4.78 is 28.7. The minimum atomic E-state index is -2.83. The van der Waals surface area contributed by atoms with E-state index in [9.17, 15) is 13.6 Å². The van der Waals surface area contributed by atoms with E-state index in [1.54, 1.807) is 24.1 Å². The van der Waals surface area contributed by atoms with Crippen LogP contribution in [0.5, 0.6) is 5.75 Å². The van der Waals surface area contributed by atoms with Crippen LogP contribution in [0.2, 0.25) is 0 Å². The molecule has 0 fully saturated rings. The van der Waals surface area contributed by atoms with E-state index in [1.165, 1.54) is 12.1 Å². The maximum atomic E-state index is 12.6. The summed E-state index contributed by atoms with van der Waals surface area (Å²) >= 11 is 0. The van der Waals surface area contributed by atoms with Crippen LogP contribution in [0.1, 0.15) is 18.1 Å². The third kappa shape index (κ3) is 5.81. The van der Waals surface area contributed by atoms with E-state index in [1.807, 2.05) is 49.2 Å². The predicted octanol–water partition coefficient (Wildman–Crippen LogP) is 3.77. The van der Waals surface area contributed by atoms with Gasteiger partial charge in [-0.25, -0.2) is 0 Å². The number of amides is 1. The van der Waals surface area contributed by atoms with Crippen molar-refractivity contribution in [1.82, 2.24) is 9.80 Å². The van der Waals surface area contributed by atoms with E-state index >= 15 is 0 Å². The minimum Gasteiger partial charge on any atom is -0.435 e. The van der Waals surface area contributed by atoms with Crippen LogP contribution in [0.15, 0.2) is 54.6 Å². The number of benzene rings is 2. The van der Waals surface area contributed by atoms with Gasteiger partial charge in [0.1, 0.15) is 5.75 Å². The Kier molecular flexibility index (Phi) is 7.09. The smallest absolute Gasteiger partial charge is 0.387 e. The van der Waals surface area contributed by atoms with Gasteiger partial charge >= 0.3 is 6.61 Å². The number of halogens is 2. The zero-order chi connectivity index (χ0) is 19.1. The van der Waals surface area contributed by atoms with E-state index in [4.69, 9.17) is 0 Å². The zero-order valence-corrected chi connectivity index (χ0v) is 15.2. The van der Waals surface area contributed by atoms with Crippen molar-refractivity contribution in [2.45, 2.75) is 32.7 Å². The van der Waals surface area contributed by atoms with Gasteiger partial charge in [-0.05, 0) is 37.2 Å². The summed E-state index contributed by atoms with van der Waals surface area (Å²) in [7, 11) is 3.65. The average molecular weight is 362 g/mol. The number of alkyl halides is 2. The fraction of sp³-hybridized carbons (Fsp3) is 0.350. The number of carbonyl (C=O) groups is 1. The van der Waals surface area contributed by atoms with E-state index in [2.05, 4.69) is 4.74 Å². The Bertz CT molecular complexity index is 693. The van der Waals surface area contributed by atoms with Gasteiger partial charge in [-0.1, -0.05) is 42.5 Å². The summed E-state index contributed by atoms with van der Waals surface area (Å²) in [6, 6.07) is 16.0. The molecule has 1 amide bonds. The Hall–Kier alpha value is -2.47. The standard InChI is InChI=1S/C20H24F2N2O2/c1-15(19(25)24(3)14-16-7-5-4-6-8-16)23(2)13-17-9-11-18(12-10-17)26-20(21)22/h4-12,15,20H,13-14H2,1-3H3. The lowest BCUT2D eigenvalue weighted by Gasteiger charge is -2.28. The molecule has 0 aliphatic heterocycles. The zero-order valence-electron chi connectivity index (χ0n) is 15.2. The largest absolute Gasteiger partial charge is 0.435 e. The van der Waals surface area contributed by atoms with Gasteiger partial charge in [0.25, 0.3) is 0 Å². The van der Waals surface area contributed by atoms with Gasteiger partial charge in [0.15, 0.2) is 0 Å². The number of hydrogen-bond donors (Lipinski definition) is 0. The number of nitrogens with zero attached hydrogens (tertiary/aromatic N) is 2. The lowest BCUT2D eigenvalue weighted by atomic mass is 10.1. The first-order valence-corrected chi connectivity index (χ1v) is 8.39. The highest BCUT2D eigenvalue weighted by Crippen LogP contribution is 2.17. The number of rotatable bonds is 8. The molecule has 1 atom stereocenters. The Morgan fingerprint density at radius 2 is 1.54 bits per heavy atom. The van der Waals surface area contributed by atoms with Crippen LogP contribution in [0.3, 0.4) is 0 Å². The van der Waals surface area contributed by atoms with E-state index in [0.717, 1.165) is 11.1 Å². The van der Waals surface area contributed by atoms with Gasteiger partial charge in [0, 0.05) is 20.1 Å². The van der Waals surface area contributed by atoms with E-state index in [0.29, 0.717) is 13.1 Å². The normalized spacial score (nSPS) is 12.3. The molecule has 2 rings (SSSR count).